The molecule has 1 atom stereocenters. The Morgan fingerprint density at radius 3 is 2.54 bits per heavy atom. The lowest BCUT2D eigenvalue weighted by Gasteiger charge is -2.10. The third kappa shape index (κ3) is 1.73. The van der Waals surface area contributed by atoms with Crippen molar-refractivity contribution in [1.29, 1.82) is 0 Å². The molecule has 0 aliphatic carbocycles. The van der Waals surface area contributed by atoms with Gasteiger partial charge in [0.15, 0.2) is 5.82 Å². The first-order chi connectivity index (χ1) is 5.95. The van der Waals surface area contributed by atoms with Crippen LogP contribution in [0.15, 0.2) is 6.07 Å². The number of benzene rings is 1. The molecule has 0 heterocycles. The van der Waals surface area contributed by atoms with Gasteiger partial charge >= 0.3 is 0 Å². The first-order valence-electron chi connectivity index (χ1n) is 3.57. The standard InChI is InChI=1S/C8H8ClF2NO/c1-3(12)6-5(13)2-4(10)7(9)8(6)11/h2-3,13H,12H2,1H3. The number of phenolic OH excluding ortho intramolecular Hbond substituents is 1. The van der Waals surface area contributed by atoms with Crippen LogP contribution in [0, 0.1) is 11.6 Å². The number of hydrogen-bond acceptors (Lipinski definition) is 2. The SMILES string of the molecule is CC(N)c1c(O)cc(F)c(Cl)c1F. The van der Waals surface area contributed by atoms with Crippen LogP contribution >= 0.6 is 11.6 Å². The normalized spacial score (nSPS) is 13.0. The van der Waals surface area contributed by atoms with Crippen LogP contribution in [-0.2, 0) is 0 Å². The minimum atomic E-state index is -1.01. The summed E-state index contributed by atoms with van der Waals surface area (Å²) >= 11 is 5.28. The maximum absolute atomic E-state index is 13.2. The fraction of sp³-hybridized carbons (Fsp3) is 0.250. The largest absolute Gasteiger partial charge is 0.507 e. The van der Waals surface area contributed by atoms with Crippen molar-refractivity contribution in [3.8, 4) is 5.75 Å². The fourth-order valence-corrected chi connectivity index (χ4v) is 1.19. The van der Waals surface area contributed by atoms with Crippen molar-refractivity contribution < 1.29 is 13.9 Å². The summed E-state index contributed by atoms with van der Waals surface area (Å²) in [5.41, 5.74) is 5.18. The van der Waals surface area contributed by atoms with Gasteiger partial charge in [0.1, 0.15) is 16.6 Å². The molecule has 0 aliphatic heterocycles. The van der Waals surface area contributed by atoms with E-state index in [1.807, 2.05) is 0 Å². The van der Waals surface area contributed by atoms with Crippen LogP contribution in [0.25, 0.3) is 0 Å². The van der Waals surface area contributed by atoms with E-state index in [2.05, 4.69) is 0 Å². The molecule has 3 N–H and O–H groups in total. The summed E-state index contributed by atoms with van der Waals surface area (Å²) in [5.74, 6) is -2.52. The third-order valence-corrected chi connectivity index (χ3v) is 1.98. The summed E-state index contributed by atoms with van der Waals surface area (Å²) in [6, 6.07) is 0.00231. The molecule has 0 saturated carbocycles. The maximum atomic E-state index is 13.2. The topological polar surface area (TPSA) is 46.2 Å². The highest BCUT2D eigenvalue weighted by Crippen LogP contribution is 2.32. The molecular weight excluding hydrogens is 200 g/mol. The molecule has 1 rings (SSSR count). The zero-order valence-corrected chi connectivity index (χ0v) is 7.57. The Morgan fingerprint density at radius 2 is 2.08 bits per heavy atom. The Bertz CT molecular complexity index is 341. The highest BCUT2D eigenvalue weighted by atomic mass is 35.5. The van der Waals surface area contributed by atoms with Crippen molar-refractivity contribution in [2.24, 2.45) is 5.73 Å². The van der Waals surface area contributed by atoms with Gasteiger partial charge in [-0.1, -0.05) is 11.6 Å². The van der Waals surface area contributed by atoms with Crippen LogP contribution in [0.3, 0.4) is 0 Å². The molecule has 0 amide bonds. The average molecular weight is 208 g/mol. The lowest BCUT2D eigenvalue weighted by Crippen LogP contribution is -2.08. The fourth-order valence-electron chi connectivity index (χ4n) is 1.03. The Balaban J connectivity index is 3.44. The summed E-state index contributed by atoms with van der Waals surface area (Å²) in [5, 5.41) is 8.50. The first kappa shape index (κ1) is 10.2. The summed E-state index contributed by atoms with van der Waals surface area (Å²) < 4.78 is 25.9. The molecule has 2 nitrogen and oxygen atoms in total. The molecule has 0 fully saturated rings. The molecule has 1 unspecified atom stereocenters. The number of hydrogen-bond donors (Lipinski definition) is 2. The van der Waals surface area contributed by atoms with Crippen molar-refractivity contribution >= 4 is 11.6 Å². The number of aromatic hydroxyl groups is 1. The Hall–Kier alpha value is -0.870. The zero-order chi connectivity index (χ0) is 10.2. The van der Waals surface area contributed by atoms with E-state index in [1.165, 1.54) is 6.92 Å². The van der Waals surface area contributed by atoms with E-state index in [0.717, 1.165) is 6.07 Å². The molecular formula is C8H8ClF2NO. The van der Waals surface area contributed by atoms with Crippen molar-refractivity contribution in [3.63, 3.8) is 0 Å². The van der Waals surface area contributed by atoms with Gasteiger partial charge < -0.3 is 10.8 Å². The summed E-state index contributed by atoms with van der Waals surface area (Å²) in [7, 11) is 0. The van der Waals surface area contributed by atoms with E-state index in [0.29, 0.717) is 0 Å². The van der Waals surface area contributed by atoms with Crippen molar-refractivity contribution in [1.82, 2.24) is 0 Å². The molecule has 0 radical (unpaired) electrons. The smallest absolute Gasteiger partial charge is 0.153 e. The minimum Gasteiger partial charge on any atom is -0.507 e. The lowest BCUT2D eigenvalue weighted by molar-refractivity contribution is 0.443. The van der Waals surface area contributed by atoms with Crippen LogP contribution in [0.2, 0.25) is 5.02 Å². The van der Waals surface area contributed by atoms with E-state index in [9.17, 15) is 8.78 Å². The Kier molecular flexibility index (Phi) is 2.73. The number of halogens is 3. The van der Waals surface area contributed by atoms with Crippen LogP contribution in [-0.4, -0.2) is 5.11 Å². The second kappa shape index (κ2) is 3.47. The first-order valence-corrected chi connectivity index (χ1v) is 3.95. The highest BCUT2D eigenvalue weighted by Gasteiger charge is 2.19. The molecule has 1 aromatic carbocycles. The highest BCUT2D eigenvalue weighted by molar-refractivity contribution is 6.31. The predicted molar refractivity (Wildman–Crippen MR) is 45.6 cm³/mol. The second-order valence-electron chi connectivity index (χ2n) is 2.71. The van der Waals surface area contributed by atoms with Crippen LogP contribution in [0.4, 0.5) is 8.78 Å². The molecule has 1 aromatic rings. The van der Waals surface area contributed by atoms with Crippen LogP contribution in [0.5, 0.6) is 5.75 Å². The monoisotopic (exact) mass is 207 g/mol. The van der Waals surface area contributed by atoms with Crippen LogP contribution < -0.4 is 5.73 Å². The quantitative estimate of drug-likeness (QED) is 0.695. The van der Waals surface area contributed by atoms with Gasteiger partial charge in [0.25, 0.3) is 0 Å². The van der Waals surface area contributed by atoms with Gasteiger partial charge in [0.05, 0.1) is 0 Å². The molecule has 0 saturated heterocycles. The number of rotatable bonds is 1. The van der Waals surface area contributed by atoms with Gasteiger partial charge in [0, 0.05) is 17.7 Å². The molecule has 0 aromatic heterocycles. The van der Waals surface area contributed by atoms with E-state index in [-0.39, 0.29) is 5.56 Å². The zero-order valence-electron chi connectivity index (χ0n) is 6.81. The van der Waals surface area contributed by atoms with Gasteiger partial charge in [0.2, 0.25) is 0 Å². The Labute approximate surface area is 78.9 Å². The van der Waals surface area contributed by atoms with Crippen molar-refractivity contribution in [2.75, 3.05) is 0 Å². The van der Waals surface area contributed by atoms with Gasteiger partial charge in [-0.15, -0.1) is 0 Å². The van der Waals surface area contributed by atoms with E-state index < -0.39 is 28.4 Å². The van der Waals surface area contributed by atoms with Gasteiger partial charge in [-0.25, -0.2) is 8.78 Å². The molecule has 0 bridgehead atoms. The van der Waals surface area contributed by atoms with Crippen molar-refractivity contribution in [3.05, 3.63) is 28.3 Å². The van der Waals surface area contributed by atoms with Gasteiger partial charge in [-0.2, -0.15) is 0 Å². The van der Waals surface area contributed by atoms with Gasteiger partial charge in [-0.05, 0) is 6.92 Å². The third-order valence-electron chi connectivity index (χ3n) is 1.63. The Morgan fingerprint density at radius 1 is 1.54 bits per heavy atom. The predicted octanol–water partition coefficient (Wildman–Crippen LogP) is 2.34. The van der Waals surface area contributed by atoms with E-state index in [1.54, 1.807) is 0 Å². The van der Waals surface area contributed by atoms with Gasteiger partial charge in [-0.3, -0.25) is 0 Å². The van der Waals surface area contributed by atoms with E-state index in [4.69, 9.17) is 22.4 Å². The molecule has 0 aliphatic rings. The van der Waals surface area contributed by atoms with Crippen molar-refractivity contribution in [2.45, 2.75) is 13.0 Å². The molecule has 13 heavy (non-hydrogen) atoms. The second-order valence-corrected chi connectivity index (χ2v) is 3.09. The van der Waals surface area contributed by atoms with Crippen LogP contribution in [0.1, 0.15) is 18.5 Å². The maximum Gasteiger partial charge on any atom is 0.153 e. The molecule has 5 heteroatoms. The summed E-state index contributed by atoms with van der Waals surface area (Å²) in [4.78, 5) is 0. The summed E-state index contributed by atoms with van der Waals surface area (Å²) in [6.07, 6.45) is 0. The molecule has 0 spiro atoms. The van der Waals surface area contributed by atoms with E-state index >= 15 is 0 Å². The summed E-state index contributed by atoms with van der Waals surface area (Å²) in [6.45, 7) is 1.46. The number of phenols is 1. The lowest BCUT2D eigenvalue weighted by atomic mass is 10.1. The average Bonchev–Trinajstić information content (AvgIpc) is 1.99. The number of nitrogens with two attached hydrogens (primary N) is 1. The molecule has 72 valence electrons. The minimum absolute atomic E-state index is 0.175.